The first kappa shape index (κ1) is 30.7. The van der Waals surface area contributed by atoms with Crippen molar-refractivity contribution in [2.45, 2.75) is 117 Å². The fourth-order valence-electron chi connectivity index (χ4n) is 4.99. The van der Waals surface area contributed by atoms with Crippen LogP contribution < -0.4 is 9.47 Å². The molecule has 0 bridgehead atoms. The first-order valence-corrected chi connectivity index (χ1v) is 15.5. The Morgan fingerprint density at radius 3 is 1.95 bits per heavy atom. The summed E-state index contributed by atoms with van der Waals surface area (Å²) in [5.41, 5.74) is 3.16. The van der Waals surface area contributed by atoms with Crippen LogP contribution in [0.15, 0.2) is 60.9 Å². The van der Waals surface area contributed by atoms with Crippen molar-refractivity contribution in [3.63, 3.8) is 0 Å². The van der Waals surface area contributed by atoms with Crippen LogP contribution in [0.2, 0.25) is 0 Å². The molecular formula is C35H50N2O2. The van der Waals surface area contributed by atoms with Crippen LogP contribution in [0.5, 0.6) is 11.5 Å². The normalized spacial score (nSPS) is 11.9. The molecule has 39 heavy (non-hydrogen) atoms. The van der Waals surface area contributed by atoms with Crippen molar-refractivity contribution in [3.05, 3.63) is 60.9 Å². The zero-order valence-electron chi connectivity index (χ0n) is 24.7. The molecule has 2 aromatic carbocycles. The second-order valence-corrected chi connectivity index (χ2v) is 10.7. The number of aromatic nitrogens is 2. The van der Waals surface area contributed by atoms with Crippen LogP contribution in [0.1, 0.15) is 111 Å². The van der Waals surface area contributed by atoms with Gasteiger partial charge < -0.3 is 9.47 Å². The predicted octanol–water partition coefficient (Wildman–Crippen LogP) is 10.5. The van der Waals surface area contributed by atoms with Crippen molar-refractivity contribution >= 4 is 0 Å². The van der Waals surface area contributed by atoms with Gasteiger partial charge in [-0.2, -0.15) is 0 Å². The summed E-state index contributed by atoms with van der Waals surface area (Å²) in [7, 11) is 0. The maximum atomic E-state index is 6.36. The van der Waals surface area contributed by atoms with E-state index in [0.29, 0.717) is 12.4 Å². The maximum Gasteiger partial charge on any atom is 0.163 e. The minimum absolute atomic E-state index is 0.156. The fraction of sp³-hybridized carbons (Fsp3) is 0.543. The Bertz CT molecular complexity index is 1040. The number of benzene rings is 2. The van der Waals surface area contributed by atoms with Gasteiger partial charge in [0.2, 0.25) is 0 Å². The summed E-state index contributed by atoms with van der Waals surface area (Å²) in [4.78, 5) is 9.48. The number of rotatable bonds is 20. The second kappa shape index (κ2) is 18.4. The van der Waals surface area contributed by atoms with Gasteiger partial charge in [0.1, 0.15) is 5.75 Å². The fourth-order valence-corrected chi connectivity index (χ4v) is 4.99. The van der Waals surface area contributed by atoms with E-state index >= 15 is 0 Å². The number of nitrogens with zero attached hydrogens (tertiary/aromatic N) is 2. The highest BCUT2D eigenvalue weighted by molar-refractivity contribution is 5.84. The molecule has 1 heterocycles. The molecule has 3 rings (SSSR count). The molecule has 0 radical (unpaired) electrons. The summed E-state index contributed by atoms with van der Waals surface area (Å²) in [5, 5.41) is 0. The molecule has 0 fully saturated rings. The lowest BCUT2D eigenvalue weighted by Gasteiger charge is -2.17. The van der Waals surface area contributed by atoms with E-state index in [4.69, 9.17) is 19.4 Å². The van der Waals surface area contributed by atoms with Gasteiger partial charge in [-0.1, -0.05) is 127 Å². The average molecular weight is 531 g/mol. The lowest BCUT2D eigenvalue weighted by Crippen LogP contribution is -2.12. The van der Waals surface area contributed by atoms with Gasteiger partial charge in [-0.15, -0.1) is 0 Å². The standard InChI is InChI=1S/C35H50N2O2/c1-4-6-8-10-11-12-13-14-19-26-38-33-25-20-24-32(30-22-17-15-18-23-30)34(33)35-36-27-31(28-37-35)39-29(3)21-16-9-7-5-2/h15,17-18,20,22-25,27-29H,4-14,16,19,21,26H2,1-3H3/t29-/m0/s1. The zero-order chi connectivity index (χ0) is 27.5. The van der Waals surface area contributed by atoms with Crippen molar-refractivity contribution in [1.82, 2.24) is 9.97 Å². The number of ether oxygens (including phenoxy) is 2. The summed E-state index contributed by atoms with van der Waals surface area (Å²) in [6.07, 6.45) is 21.5. The van der Waals surface area contributed by atoms with E-state index in [9.17, 15) is 0 Å². The Hall–Kier alpha value is -2.88. The topological polar surface area (TPSA) is 44.2 Å². The van der Waals surface area contributed by atoms with Gasteiger partial charge in [0.25, 0.3) is 0 Å². The molecule has 0 amide bonds. The van der Waals surface area contributed by atoms with Crippen LogP contribution in [0.25, 0.3) is 22.5 Å². The van der Waals surface area contributed by atoms with Crippen molar-refractivity contribution < 1.29 is 9.47 Å². The first-order valence-electron chi connectivity index (χ1n) is 15.5. The summed E-state index contributed by atoms with van der Waals surface area (Å²) < 4.78 is 12.5. The van der Waals surface area contributed by atoms with Gasteiger partial charge in [-0.3, -0.25) is 0 Å². The van der Waals surface area contributed by atoms with Crippen LogP contribution in [0.3, 0.4) is 0 Å². The third-order valence-corrected chi connectivity index (χ3v) is 7.27. The third-order valence-electron chi connectivity index (χ3n) is 7.27. The van der Waals surface area contributed by atoms with Crippen LogP contribution in [0.4, 0.5) is 0 Å². The number of hydrogen-bond donors (Lipinski definition) is 0. The van der Waals surface area contributed by atoms with E-state index in [1.807, 2.05) is 12.1 Å². The lowest BCUT2D eigenvalue weighted by molar-refractivity contribution is 0.205. The molecule has 0 aliphatic rings. The van der Waals surface area contributed by atoms with Gasteiger partial charge in [0.05, 0.1) is 30.7 Å². The molecular weight excluding hydrogens is 480 g/mol. The van der Waals surface area contributed by atoms with Gasteiger partial charge in [0.15, 0.2) is 11.6 Å². The third kappa shape index (κ3) is 11.0. The van der Waals surface area contributed by atoms with Crippen molar-refractivity contribution in [2.75, 3.05) is 6.61 Å². The van der Waals surface area contributed by atoms with Gasteiger partial charge >= 0.3 is 0 Å². The van der Waals surface area contributed by atoms with E-state index in [1.54, 1.807) is 12.4 Å². The smallest absolute Gasteiger partial charge is 0.163 e. The Kier molecular flexibility index (Phi) is 14.5. The Morgan fingerprint density at radius 2 is 1.28 bits per heavy atom. The predicted molar refractivity (Wildman–Crippen MR) is 164 cm³/mol. The molecule has 0 saturated heterocycles. The molecule has 1 aromatic heterocycles. The van der Waals surface area contributed by atoms with E-state index in [0.717, 1.165) is 41.0 Å². The van der Waals surface area contributed by atoms with E-state index in [2.05, 4.69) is 57.2 Å². The van der Waals surface area contributed by atoms with E-state index in [-0.39, 0.29) is 6.10 Å². The second-order valence-electron chi connectivity index (χ2n) is 10.7. The molecule has 0 aliphatic heterocycles. The largest absolute Gasteiger partial charge is 0.493 e. The highest BCUT2D eigenvalue weighted by atomic mass is 16.5. The van der Waals surface area contributed by atoms with Gasteiger partial charge in [-0.25, -0.2) is 9.97 Å². The minimum atomic E-state index is 0.156. The maximum absolute atomic E-state index is 6.36. The molecule has 0 unspecified atom stereocenters. The molecule has 3 aromatic rings. The van der Waals surface area contributed by atoms with Crippen molar-refractivity contribution in [2.24, 2.45) is 0 Å². The Labute approximate surface area is 237 Å². The van der Waals surface area contributed by atoms with Crippen LogP contribution in [0, 0.1) is 0 Å². The highest BCUT2D eigenvalue weighted by Crippen LogP contribution is 2.38. The Balaban J connectivity index is 1.64. The average Bonchev–Trinajstić information content (AvgIpc) is 2.97. The van der Waals surface area contributed by atoms with E-state index in [1.165, 1.54) is 77.0 Å². The molecule has 0 aliphatic carbocycles. The molecule has 4 heteroatoms. The number of unbranched alkanes of at least 4 members (excludes halogenated alkanes) is 11. The quantitative estimate of drug-likeness (QED) is 0.136. The van der Waals surface area contributed by atoms with E-state index < -0.39 is 0 Å². The van der Waals surface area contributed by atoms with Crippen LogP contribution in [-0.4, -0.2) is 22.7 Å². The molecule has 0 saturated carbocycles. The van der Waals surface area contributed by atoms with Crippen LogP contribution >= 0.6 is 0 Å². The summed E-state index contributed by atoms with van der Waals surface area (Å²) in [6, 6.07) is 16.7. The molecule has 212 valence electrons. The zero-order valence-corrected chi connectivity index (χ0v) is 24.7. The van der Waals surface area contributed by atoms with Gasteiger partial charge in [-0.05, 0) is 43.4 Å². The summed E-state index contributed by atoms with van der Waals surface area (Å²) in [6.45, 7) is 7.34. The summed E-state index contributed by atoms with van der Waals surface area (Å²) >= 11 is 0. The van der Waals surface area contributed by atoms with Crippen molar-refractivity contribution in [1.29, 1.82) is 0 Å². The first-order chi connectivity index (χ1) is 19.2. The number of hydrogen-bond acceptors (Lipinski definition) is 4. The molecule has 1 atom stereocenters. The summed E-state index contributed by atoms with van der Waals surface area (Å²) in [5.74, 6) is 2.23. The van der Waals surface area contributed by atoms with Gasteiger partial charge in [0, 0.05) is 0 Å². The molecule has 0 N–H and O–H groups in total. The Morgan fingerprint density at radius 1 is 0.667 bits per heavy atom. The molecule has 0 spiro atoms. The SMILES string of the molecule is CCCCCCCCCCCOc1cccc(-c2ccccc2)c1-c1ncc(O[C@@H](C)CCCCCC)cn1. The highest BCUT2D eigenvalue weighted by Gasteiger charge is 2.17. The minimum Gasteiger partial charge on any atom is -0.493 e. The van der Waals surface area contributed by atoms with Crippen molar-refractivity contribution in [3.8, 4) is 34.0 Å². The van der Waals surface area contributed by atoms with Crippen LogP contribution in [-0.2, 0) is 0 Å². The monoisotopic (exact) mass is 530 g/mol. The lowest BCUT2D eigenvalue weighted by atomic mass is 9.98. The molecule has 4 nitrogen and oxygen atoms in total.